The Labute approximate surface area is 174 Å². The van der Waals surface area contributed by atoms with Crippen LogP contribution in [0.25, 0.3) is 0 Å². The predicted molar refractivity (Wildman–Crippen MR) is 117 cm³/mol. The third-order valence-corrected chi connectivity index (χ3v) is 5.70. The van der Waals surface area contributed by atoms with E-state index in [-0.39, 0.29) is 0 Å². The first kappa shape index (κ1) is 19.5. The van der Waals surface area contributed by atoms with Crippen molar-refractivity contribution in [3.8, 4) is 0 Å². The molecular formula is C19H19Cl2N3S2. The van der Waals surface area contributed by atoms with Gasteiger partial charge in [0.2, 0.25) is 0 Å². The number of nitrogens with zero attached hydrogens (tertiary/aromatic N) is 3. The monoisotopic (exact) mass is 423 g/mol. The summed E-state index contributed by atoms with van der Waals surface area (Å²) in [6, 6.07) is 15.8. The van der Waals surface area contributed by atoms with Crippen LogP contribution in [0.3, 0.4) is 0 Å². The molecule has 0 aliphatic carbocycles. The van der Waals surface area contributed by atoms with Crippen LogP contribution in [0.1, 0.15) is 11.1 Å². The highest BCUT2D eigenvalue weighted by Gasteiger charge is 2.21. The van der Waals surface area contributed by atoms with Gasteiger partial charge in [0.05, 0.1) is 0 Å². The average molecular weight is 424 g/mol. The fourth-order valence-corrected chi connectivity index (χ4v) is 3.89. The normalized spacial score (nSPS) is 15.0. The quantitative estimate of drug-likeness (QED) is 0.619. The Bertz CT molecular complexity index is 791. The molecule has 0 amide bonds. The van der Waals surface area contributed by atoms with Crippen molar-refractivity contribution in [2.24, 2.45) is 4.99 Å². The number of rotatable bonds is 4. The van der Waals surface area contributed by atoms with Crippen molar-refractivity contribution in [1.82, 2.24) is 9.80 Å². The molecule has 1 heterocycles. The SMILES string of the molecule is CSC1=NC(=S)N(Cc2ccc(Cl)cc2)CCN1Cc1ccc(Cl)cc1. The van der Waals surface area contributed by atoms with Crippen LogP contribution in [0.5, 0.6) is 0 Å². The summed E-state index contributed by atoms with van der Waals surface area (Å²) >= 11 is 19.2. The van der Waals surface area contributed by atoms with Crippen molar-refractivity contribution in [2.75, 3.05) is 19.3 Å². The molecule has 2 aromatic carbocycles. The number of thiocarbonyl (C=S) groups is 1. The maximum Gasteiger partial charge on any atom is 0.198 e. The Kier molecular flexibility index (Phi) is 6.81. The lowest BCUT2D eigenvalue weighted by Gasteiger charge is -2.25. The van der Waals surface area contributed by atoms with Crippen LogP contribution in [0, 0.1) is 0 Å². The second-order valence-corrected chi connectivity index (χ2v) is 7.99. The van der Waals surface area contributed by atoms with Gasteiger partial charge in [-0.15, -0.1) is 0 Å². The van der Waals surface area contributed by atoms with Gasteiger partial charge in [0.15, 0.2) is 10.3 Å². The van der Waals surface area contributed by atoms with E-state index in [1.807, 2.05) is 42.7 Å². The van der Waals surface area contributed by atoms with Crippen LogP contribution >= 0.6 is 47.2 Å². The molecular weight excluding hydrogens is 405 g/mol. The van der Waals surface area contributed by atoms with Gasteiger partial charge in [-0.05, 0) is 53.9 Å². The highest BCUT2D eigenvalue weighted by atomic mass is 35.5. The molecule has 0 atom stereocenters. The van der Waals surface area contributed by atoms with Gasteiger partial charge >= 0.3 is 0 Å². The van der Waals surface area contributed by atoms with Gasteiger partial charge in [-0.2, -0.15) is 4.99 Å². The average Bonchev–Trinajstić information content (AvgIpc) is 2.78. The van der Waals surface area contributed by atoms with Gasteiger partial charge < -0.3 is 9.80 Å². The first-order chi connectivity index (χ1) is 12.5. The van der Waals surface area contributed by atoms with E-state index in [0.717, 1.165) is 41.4 Å². The molecule has 0 spiro atoms. The molecule has 7 heteroatoms. The highest BCUT2D eigenvalue weighted by molar-refractivity contribution is 8.13. The van der Waals surface area contributed by atoms with Crippen molar-refractivity contribution in [3.05, 3.63) is 69.7 Å². The van der Waals surface area contributed by atoms with Crippen LogP contribution in [-0.4, -0.2) is 39.4 Å². The third-order valence-electron chi connectivity index (χ3n) is 4.13. The highest BCUT2D eigenvalue weighted by Crippen LogP contribution is 2.19. The first-order valence-corrected chi connectivity index (χ1v) is 10.6. The number of hydrogen-bond donors (Lipinski definition) is 0. The molecule has 3 nitrogen and oxygen atoms in total. The Morgan fingerprint density at radius 3 is 1.85 bits per heavy atom. The number of amidine groups is 1. The Morgan fingerprint density at radius 1 is 0.885 bits per heavy atom. The van der Waals surface area contributed by atoms with Crippen LogP contribution in [-0.2, 0) is 13.1 Å². The Hall–Kier alpha value is -1.27. The van der Waals surface area contributed by atoms with Gasteiger partial charge in [0.1, 0.15) is 0 Å². The van der Waals surface area contributed by atoms with Gasteiger partial charge in [0, 0.05) is 36.2 Å². The molecule has 0 radical (unpaired) electrons. The van der Waals surface area contributed by atoms with Crippen molar-refractivity contribution < 1.29 is 0 Å². The molecule has 0 unspecified atom stereocenters. The number of halogens is 2. The summed E-state index contributed by atoms with van der Waals surface area (Å²) in [5.74, 6) is 0. The lowest BCUT2D eigenvalue weighted by atomic mass is 10.2. The summed E-state index contributed by atoms with van der Waals surface area (Å²) in [7, 11) is 0. The molecule has 0 aromatic heterocycles. The van der Waals surface area contributed by atoms with Crippen LogP contribution < -0.4 is 0 Å². The molecule has 0 N–H and O–H groups in total. The van der Waals surface area contributed by atoms with Gasteiger partial charge in [-0.1, -0.05) is 59.2 Å². The molecule has 0 saturated carbocycles. The van der Waals surface area contributed by atoms with E-state index in [4.69, 9.17) is 40.4 Å². The molecule has 0 saturated heterocycles. The second-order valence-electron chi connectivity index (χ2n) is 5.98. The van der Waals surface area contributed by atoms with Crippen molar-refractivity contribution in [2.45, 2.75) is 13.1 Å². The zero-order chi connectivity index (χ0) is 18.5. The van der Waals surface area contributed by atoms with Gasteiger partial charge in [-0.3, -0.25) is 0 Å². The lowest BCUT2D eigenvalue weighted by molar-refractivity contribution is 0.345. The maximum atomic E-state index is 5.99. The van der Waals surface area contributed by atoms with E-state index in [0.29, 0.717) is 5.11 Å². The molecule has 0 fully saturated rings. The van der Waals surface area contributed by atoms with Gasteiger partial charge in [0.25, 0.3) is 0 Å². The summed E-state index contributed by atoms with van der Waals surface area (Å²) in [4.78, 5) is 9.10. The fraction of sp³-hybridized carbons (Fsp3) is 0.263. The van der Waals surface area contributed by atoms with Crippen LogP contribution in [0.4, 0.5) is 0 Å². The summed E-state index contributed by atoms with van der Waals surface area (Å²) in [5, 5.41) is 3.06. The fourth-order valence-electron chi connectivity index (χ4n) is 2.74. The van der Waals surface area contributed by atoms with E-state index in [2.05, 4.69) is 21.9 Å². The van der Waals surface area contributed by atoms with Crippen molar-refractivity contribution in [3.63, 3.8) is 0 Å². The molecule has 26 heavy (non-hydrogen) atoms. The minimum absolute atomic E-state index is 0.628. The van der Waals surface area contributed by atoms with Crippen molar-refractivity contribution in [1.29, 1.82) is 0 Å². The second kappa shape index (κ2) is 9.09. The molecule has 3 rings (SSSR count). The molecule has 0 bridgehead atoms. The molecule has 1 aliphatic rings. The Morgan fingerprint density at radius 2 is 1.35 bits per heavy atom. The topological polar surface area (TPSA) is 18.8 Å². The molecule has 1 aliphatic heterocycles. The van der Waals surface area contributed by atoms with Gasteiger partial charge in [-0.25, -0.2) is 0 Å². The van der Waals surface area contributed by atoms with E-state index in [1.165, 1.54) is 11.1 Å². The van der Waals surface area contributed by atoms with E-state index in [9.17, 15) is 0 Å². The van der Waals surface area contributed by atoms with Crippen LogP contribution in [0.15, 0.2) is 53.5 Å². The zero-order valence-corrected chi connectivity index (χ0v) is 17.5. The lowest BCUT2D eigenvalue weighted by Crippen LogP contribution is -2.34. The summed E-state index contributed by atoms with van der Waals surface area (Å²) in [6.45, 7) is 3.20. The van der Waals surface area contributed by atoms with E-state index in [1.54, 1.807) is 11.8 Å². The third kappa shape index (κ3) is 5.13. The number of hydrogen-bond acceptors (Lipinski definition) is 3. The molecule has 2 aromatic rings. The standard InChI is InChI=1S/C19H19Cl2N3S2/c1-26-19-22-18(25)23(12-14-2-6-16(20)7-3-14)10-11-24(19)13-15-4-8-17(21)9-5-15/h2-9H,10-13H2,1H3. The summed E-state index contributed by atoms with van der Waals surface area (Å²) in [5.41, 5.74) is 2.37. The number of aliphatic imine (C=N–C) groups is 1. The minimum Gasteiger partial charge on any atom is -0.345 e. The van der Waals surface area contributed by atoms with E-state index < -0.39 is 0 Å². The summed E-state index contributed by atoms with van der Waals surface area (Å²) in [6.07, 6.45) is 2.03. The smallest absolute Gasteiger partial charge is 0.198 e. The first-order valence-electron chi connectivity index (χ1n) is 8.20. The zero-order valence-electron chi connectivity index (χ0n) is 14.4. The number of thioether (sulfide) groups is 1. The molecule has 136 valence electrons. The Balaban J connectivity index is 1.72. The number of benzene rings is 2. The van der Waals surface area contributed by atoms with Crippen LogP contribution in [0.2, 0.25) is 10.0 Å². The summed E-state index contributed by atoms with van der Waals surface area (Å²) < 4.78 is 0. The van der Waals surface area contributed by atoms with E-state index >= 15 is 0 Å². The van der Waals surface area contributed by atoms with Crippen molar-refractivity contribution >= 4 is 57.5 Å². The predicted octanol–water partition coefficient (Wildman–Crippen LogP) is 5.32. The largest absolute Gasteiger partial charge is 0.345 e. The maximum absolute atomic E-state index is 5.99. The minimum atomic E-state index is 0.628.